The molecule has 1 heterocycles. The van der Waals surface area contributed by atoms with Crippen LogP contribution in [0.25, 0.3) is 11.1 Å². The molecular formula is C32H35N3O5. The second-order valence-corrected chi connectivity index (χ2v) is 11.4. The summed E-state index contributed by atoms with van der Waals surface area (Å²) in [5.41, 5.74) is 3.19. The molecule has 8 nitrogen and oxygen atoms in total. The Morgan fingerprint density at radius 3 is 2.17 bits per heavy atom. The van der Waals surface area contributed by atoms with Crippen molar-refractivity contribution in [1.29, 1.82) is 0 Å². The summed E-state index contributed by atoms with van der Waals surface area (Å²) in [5, 5.41) is 15.2. The Hall–Kier alpha value is -4.17. The Morgan fingerprint density at radius 2 is 1.55 bits per heavy atom. The third kappa shape index (κ3) is 5.58. The summed E-state index contributed by atoms with van der Waals surface area (Å²) in [6.45, 7) is 4.68. The SMILES string of the molecule is CC(C)(CNC(=O)C1(NC(=O)OCC2c3ccccc3-c3ccccc32)CCN(Cc2ccccc2)C1)C(=O)O. The van der Waals surface area contributed by atoms with E-state index in [0.29, 0.717) is 19.5 Å². The number of nitrogens with zero attached hydrogens (tertiary/aromatic N) is 1. The van der Waals surface area contributed by atoms with Crippen LogP contribution in [0.4, 0.5) is 4.79 Å². The smallest absolute Gasteiger partial charge is 0.408 e. The van der Waals surface area contributed by atoms with Gasteiger partial charge in [0.2, 0.25) is 5.91 Å². The molecule has 3 aromatic rings. The minimum absolute atomic E-state index is 0.0615. The molecule has 0 bridgehead atoms. The number of nitrogens with one attached hydrogen (secondary N) is 2. The molecule has 1 fully saturated rings. The van der Waals surface area contributed by atoms with E-state index in [1.54, 1.807) is 13.8 Å². The first kappa shape index (κ1) is 27.4. The van der Waals surface area contributed by atoms with Crippen LogP contribution < -0.4 is 10.6 Å². The number of carbonyl (C=O) groups excluding carboxylic acids is 2. The van der Waals surface area contributed by atoms with Crippen molar-refractivity contribution in [2.24, 2.45) is 5.41 Å². The van der Waals surface area contributed by atoms with Gasteiger partial charge in [0.1, 0.15) is 12.1 Å². The number of ether oxygens (including phenoxy) is 1. The zero-order chi connectivity index (χ0) is 28.3. The van der Waals surface area contributed by atoms with E-state index >= 15 is 0 Å². The van der Waals surface area contributed by atoms with E-state index < -0.39 is 28.9 Å². The maximum absolute atomic E-state index is 13.6. The van der Waals surface area contributed by atoms with Gasteiger partial charge in [-0.05, 0) is 48.1 Å². The fourth-order valence-electron chi connectivity index (χ4n) is 5.59. The second-order valence-electron chi connectivity index (χ2n) is 11.4. The molecule has 8 heteroatoms. The van der Waals surface area contributed by atoms with Crippen LogP contribution in [0.2, 0.25) is 0 Å². The van der Waals surface area contributed by atoms with Gasteiger partial charge in [-0.15, -0.1) is 0 Å². The topological polar surface area (TPSA) is 108 Å². The number of aliphatic carboxylic acids is 1. The number of amides is 2. The average molecular weight is 542 g/mol. The number of carboxylic acid groups (broad SMARTS) is 1. The van der Waals surface area contributed by atoms with Crippen molar-refractivity contribution < 1.29 is 24.2 Å². The van der Waals surface area contributed by atoms with E-state index in [9.17, 15) is 19.5 Å². The Balaban J connectivity index is 1.30. The van der Waals surface area contributed by atoms with Gasteiger partial charge in [0, 0.05) is 32.1 Å². The molecule has 1 aliphatic heterocycles. The normalized spacial score (nSPS) is 18.6. The zero-order valence-electron chi connectivity index (χ0n) is 22.9. The second kappa shape index (κ2) is 11.1. The first-order valence-corrected chi connectivity index (χ1v) is 13.6. The summed E-state index contributed by atoms with van der Waals surface area (Å²) in [5.74, 6) is -1.52. The first-order valence-electron chi connectivity index (χ1n) is 13.6. The molecule has 1 atom stereocenters. The number of hydrogen-bond donors (Lipinski definition) is 3. The lowest BCUT2D eigenvalue weighted by Crippen LogP contribution is -2.61. The number of hydrogen-bond acceptors (Lipinski definition) is 5. The molecule has 1 aliphatic carbocycles. The van der Waals surface area contributed by atoms with Crippen molar-refractivity contribution in [3.63, 3.8) is 0 Å². The van der Waals surface area contributed by atoms with Crippen molar-refractivity contribution in [3.8, 4) is 11.1 Å². The molecule has 0 radical (unpaired) electrons. The number of alkyl carbamates (subject to hydrolysis) is 1. The van der Waals surface area contributed by atoms with Gasteiger partial charge >= 0.3 is 12.1 Å². The fourth-order valence-corrected chi connectivity index (χ4v) is 5.59. The largest absolute Gasteiger partial charge is 0.481 e. The maximum atomic E-state index is 13.6. The van der Waals surface area contributed by atoms with E-state index in [2.05, 4.69) is 39.8 Å². The molecule has 0 aromatic heterocycles. The minimum Gasteiger partial charge on any atom is -0.481 e. The molecule has 40 heavy (non-hydrogen) atoms. The molecular weight excluding hydrogens is 506 g/mol. The Kier molecular flexibility index (Phi) is 7.63. The summed E-state index contributed by atoms with van der Waals surface area (Å²) < 4.78 is 5.77. The van der Waals surface area contributed by atoms with Crippen LogP contribution in [0.15, 0.2) is 78.9 Å². The van der Waals surface area contributed by atoms with Gasteiger partial charge in [-0.2, -0.15) is 0 Å². The lowest BCUT2D eigenvalue weighted by Gasteiger charge is -2.31. The average Bonchev–Trinajstić information content (AvgIpc) is 3.50. The number of likely N-dealkylation sites (tertiary alicyclic amines) is 1. The summed E-state index contributed by atoms with van der Waals surface area (Å²) in [4.78, 5) is 40.5. The molecule has 0 saturated carbocycles. The van der Waals surface area contributed by atoms with Gasteiger partial charge in [-0.25, -0.2) is 4.79 Å². The molecule has 3 N–H and O–H groups in total. The lowest BCUT2D eigenvalue weighted by molar-refractivity contribution is -0.147. The molecule has 0 spiro atoms. The summed E-state index contributed by atoms with van der Waals surface area (Å²) in [6.07, 6.45) is -0.292. The summed E-state index contributed by atoms with van der Waals surface area (Å²) in [7, 11) is 0. The van der Waals surface area contributed by atoms with Crippen LogP contribution in [0.3, 0.4) is 0 Å². The molecule has 5 rings (SSSR count). The van der Waals surface area contributed by atoms with Crippen molar-refractivity contribution >= 4 is 18.0 Å². The molecule has 1 unspecified atom stereocenters. The predicted molar refractivity (Wildman–Crippen MR) is 152 cm³/mol. The Bertz CT molecular complexity index is 1360. The first-order chi connectivity index (χ1) is 19.2. The Morgan fingerprint density at radius 1 is 0.950 bits per heavy atom. The maximum Gasteiger partial charge on any atom is 0.408 e. The third-order valence-electron chi connectivity index (χ3n) is 7.99. The number of rotatable bonds is 9. The van der Waals surface area contributed by atoms with E-state index in [-0.39, 0.29) is 25.6 Å². The van der Waals surface area contributed by atoms with E-state index in [1.807, 2.05) is 54.6 Å². The highest BCUT2D eigenvalue weighted by Crippen LogP contribution is 2.44. The van der Waals surface area contributed by atoms with Crippen LogP contribution in [-0.4, -0.2) is 59.8 Å². The standard InChI is InChI=1S/C32H35N3O5/c1-31(2,29(37)38)20-33-28(36)32(16-17-35(21-32)18-22-10-4-3-5-11-22)34-30(39)40-19-27-25-14-8-6-12-23(25)24-13-7-9-15-26(24)27/h3-15,27H,16-21H2,1-2H3,(H,33,36)(H,34,39)(H,37,38). The van der Waals surface area contributed by atoms with Crippen molar-refractivity contribution in [2.75, 3.05) is 26.2 Å². The number of carboxylic acids is 1. The third-order valence-corrected chi connectivity index (χ3v) is 7.99. The summed E-state index contributed by atoms with van der Waals surface area (Å²) in [6, 6.07) is 26.2. The minimum atomic E-state index is -1.24. The fraction of sp³-hybridized carbons (Fsp3) is 0.344. The van der Waals surface area contributed by atoms with E-state index in [1.165, 1.54) is 0 Å². The Labute approximate surface area is 234 Å². The van der Waals surface area contributed by atoms with E-state index in [4.69, 9.17) is 4.74 Å². The molecule has 3 aromatic carbocycles. The quantitative estimate of drug-likeness (QED) is 0.371. The van der Waals surface area contributed by atoms with Gasteiger partial charge in [-0.3, -0.25) is 14.5 Å². The highest BCUT2D eigenvalue weighted by molar-refractivity contribution is 5.91. The van der Waals surface area contributed by atoms with Crippen molar-refractivity contribution in [3.05, 3.63) is 95.6 Å². The number of benzene rings is 3. The van der Waals surface area contributed by atoms with Crippen molar-refractivity contribution in [1.82, 2.24) is 15.5 Å². The zero-order valence-corrected chi connectivity index (χ0v) is 22.9. The molecule has 1 saturated heterocycles. The predicted octanol–water partition coefficient (Wildman–Crippen LogP) is 4.40. The van der Waals surface area contributed by atoms with Gasteiger partial charge in [0.25, 0.3) is 0 Å². The highest BCUT2D eigenvalue weighted by atomic mass is 16.5. The van der Waals surface area contributed by atoms with Gasteiger partial charge in [0.05, 0.1) is 5.41 Å². The highest BCUT2D eigenvalue weighted by Gasteiger charge is 2.47. The van der Waals surface area contributed by atoms with Gasteiger partial charge < -0.3 is 20.5 Å². The van der Waals surface area contributed by atoms with Gasteiger partial charge in [-0.1, -0.05) is 78.9 Å². The van der Waals surface area contributed by atoms with Crippen molar-refractivity contribution in [2.45, 2.75) is 38.3 Å². The van der Waals surface area contributed by atoms with E-state index in [0.717, 1.165) is 27.8 Å². The summed E-state index contributed by atoms with van der Waals surface area (Å²) >= 11 is 0. The van der Waals surface area contributed by atoms with Gasteiger partial charge in [0.15, 0.2) is 0 Å². The lowest BCUT2D eigenvalue weighted by atomic mass is 9.92. The van der Waals surface area contributed by atoms with Crippen LogP contribution in [0, 0.1) is 5.41 Å². The number of carbonyl (C=O) groups is 3. The van der Waals surface area contributed by atoms with Crippen LogP contribution >= 0.6 is 0 Å². The number of fused-ring (bicyclic) bond motifs is 3. The van der Waals surface area contributed by atoms with Crippen LogP contribution in [0.1, 0.15) is 42.9 Å². The molecule has 208 valence electrons. The van der Waals surface area contributed by atoms with Crippen LogP contribution in [-0.2, 0) is 20.9 Å². The van der Waals surface area contributed by atoms with Crippen LogP contribution in [0.5, 0.6) is 0 Å². The molecule has 2 amide bonds. The molecule has 2 aliphatic rings. The monoisotopic (exact) mass is 541 g/mol.